The number of nitrogens with zero attached hydrogens (tertiary/aromatic N) is 4. The van der Waals surface area contributed by atoms with Crippen LogP contribution in [0.5, 0.6) is 0 Å². The number of piperidine rings is 1. The van der Waals surface area contributed by atoms with Crippen LogP contribution in [0.2, 0.25) is 0 Å². The molecule has 8 nitrogen and oxygen atoms in total. The summed E-state index contributed by atoms with van der Waals surface area (Å²) < 4.78 is 0. The summed E-state index contributed by atoms with van der Waals surface area (Å²) in [5, 5.41) is 2.90. The first-order valence-electron chi connectivity index (χ1n) is 7.56. The number of carbonyl (C=O) groups excluding carboxylic acids is 1. The summed E-state index contributed by atoms with van der Waals surface area (Å²) in [5.74, 6) is 0.918. The largest absolute Gasteiger partial charge is 0.356 e. The first-order chi connectivity index (χ1) is 11.2. The second-order valence-electron chi connectivity index (χ2n) is 5.50. The SMILES string of the molecule is O=C(NCC1CCN(c2cc(=O)[nH]cn2)CC1)c1cnccn1. The summed E-state index contributed by atoms with van der Waals surface area (Å²) >= 11 is 0. The number of nitrogens with one attached hydrogen (secondary N) is 2. The van der Waals surface area contributed by atoms with Gasteiger partial charge in [0.05, 0.1) is 12.5 Å². The molecule has 0 aliphatic carbocycles. The first kappa shape index (κ1) is 15.1. The van der Waals surface area contributed by atoms with Crippen LogP contribution >= 0.6 is 0 Å². The van der Waals surface area contributed by atoms with Gasteiger partial charge in [0.15, 0.2) is 0 Å². The molecule has 3 heterocycles. The zero-order valence-corrected chi connectivity index (χ0v) is 12.6. The predicted molar refractivity (Wildman–Crippen MR) is 84.2 cm³/mol. The average Bonchev–Trinajstić information content (AvgIpc) is 2.61. The van der Waals surface area contributed by atoms with E-state index in [9.17, 15) is 9.59 Å². The third kappa shape index (κ3) is 3.91. The van der Waals surface area contributed by atoms with Crippen LogP contribution in [0.1, 0.15) is 23.3 Å². The maximum absolute atomic E-state index is 11.9. The van der Waals surface area contributed by atoms with Crippen molar-refractivity contribution in [2.75, 3.05) is 24.5 Å². The van der Waals surface area contributed by atoms with Crippen LogP contribution < -0.4 is 15.8 Å². The van der Waals surface area contributed by atoms with Gasteiger partial charge in [-0.25, -0.2) is 9.97 Å². The molecule has 2 N–H and O–H groups in total. The molecule has 120 valence electrons. The summed E-state index contributed by atoms with van der Waals surface area (Å²) in [4.78, 5) is 39.9. The predicted octanol–water partition coefficient (Wildman–Crippen LogP) is 0.206. The molecular weight excluding hydrogens is 296 g/mol. The number of hydrogen-bond donors (Lipinski definition) is 2. The number of anilines is 1. The van der Waals surface area contributed by atoms with Gasteiger partial charge in [-0.3, -0.25) is 14.6 Å². The summed E-state index contributed by atoms with van der Waals surface area (Å²) in [6.07, 6.45) is 7.79. The molecule has 0 bridgehead atoms. The van der Waals surface area contributed by atoms with Crippen LogP contribution in [-0.2, 0) is 0 Å². The molecule has 2 aromatic rings. The minimum atomic E-state index is -0.197. The van der Waals surface area contributed by atoms with Gasteiger partial charge in [-0.2, -0.15) is 0 Å². The number of H-pyrrole nitrogens is 1. The molecule has 0 saturated carbocycles. The van der Waals surface area contributed by atoms with Gasteiger partial charge in [0.2, 0.25) is 0 Å². The monoisotopic (exact) mass is 314 g/mol. The molecule has 1 amide bonds. The number of carbonyl (C=O) groups is 1. The second-order valence-corrected chi connectivity index (χ2v) is 5.50. The molecule has 23 heavy (non-hydrogen) atoms. The number of rotatable bonds is 4. The highest BCUT2D eigenvalue weighted by Gasteiger charge is 2.21. The van der Waals surface area contributed by atoms with Crippen molar-refractivity contribution in [2.45, 2.75) is 12.8 Å². The van der Waals surface area contributed by atoms with Crippen LogP contribution in [0.4, 0.5) is 5.82 Å². The van der Waals surface area contributed by atoms with Crippen molar-refractivity contribution >= 4 is 11.7 Å². The third-order valence-electron chi connectivity index (χ3n) is 3.95. The van der Waals surface area contributed by atoms with Gasteiger partial charge in [0.1, 0.15) is 11.5 Å². The fourth-order valence-corrected chi connectivity index (χ4v) is 2.64. The maximum Gasteiger partial charge on any atom is 0.271 e. The normalized spacial score (nSPS) is 15.4. The Morgan fingerprint density at radius 1 is 1.30 bits per heavy atom. The van der Waals surface area contributed by atoms with Crippen molar-refractivity contribution in [1.82, 2.24) is 25.3 Å². The zero-order chi connectivity index (χ0) is 16.1. The molecule has 1 aliphatic rings. The molecular formula is C15H18N6O2. The first-order valence-corrected chi connectivity index (χ1v) is 7.56. The number of hydrogen-bond acceptors (Lipinski definition) is 6. The Morgan fingerprint density at radius 3 is 2.83 bits per heavy atom. The van der Waals surface area contributed by atoms with Crippen molar-refractivity contribution < 1.29 is 4.79 Å². The molecule has 1 saturated heterocycles. The molecule has 0 aromatic carbocycles. The van der Waals surface area contributed by atoms with Crippen molar-refractivity contribution in [3.8, 4) is 0 Å². The molecule has 8 heteroatoms. The highest BCUT2D eigenvalue weighted by molar-refractivity contribution is 5.91. The van der Waals surface area contributed by atoms with Crippen LogP contribution in [-0.4, -0.2) is 45.5 Å². The van der Waals surface area contributed by atoms with E-state index < -0.39 is 0 Å². The van der Waals surface area contributed by atoms with Gasteiger partial charge in [-0.05, 0) is 18.8 Å². The fourth-order valence-electron chi connectivity index (χ4n) is 2.64. The van der Waals surface area contributed by atoms with Crippen molar-refractivity contribution in [2.24, 2.45) is 5.92 Å². The van der Waals surface area contributed by atoms with E-state index in [-0.39, 0.29) is 11.5 Å². The second kappa shape index (κ2) is 6.99. The lowest BCUT2D eigenvalue weighted by atomic mass is 9.97. The quantitative estimate of drug-likeness (QED) is 0.836. The van der Waals surface area contributed by atoms with Crippen molar-refractivity contribution in [3.63, 3.8) is 0 Å². The average molecular weight is 314 g/mol. The Hall–Kier alpha value is -2.77. The van der Waals surface area contributed by atoms with E-state index >= 15 is 0 Å². The van der Waals surface area contributed by atoms with E-state index in [1.165, 1.54) is 31.0 Å². The minimum absolute atomic E-state index is 0.145. The van der Waals surface area contributed by atoms with E-state index in [4.69, 9.17) is 0 Å². The highest BCUT2D eigenvalue weighted by atomic mass is 16.2. The molecule has 2 aromatic heterocycles. The smallest absolute Gasteiger partial charge is 0.271 e. The lowest BCUT2D eigenvalue weighted by Crippen LogP contribution is -2.39. The summed E-state index contributed by atoms with van der Waals surface area (Å²) in [7, 11) is 0. The van der Waals surface area contributed by atoms with Gasteiger partial charge in [-0.1, -0.05) is 0 Å². The highest BCUT2D eigenvalue weighted by Crippen LogP contribution is 2.20. The minimum Gasteiger partial charge on any atom is -0.356 e. The van der Waals surface area contributed by atoms with Gasteiger partial charge in [0.25, 0.3) is 11.5 Å². The van der Waals surface area contributed by atoms with E-state index in [2.05, 4.69) is 30.2 Å². The summed E-state index contributed by atoms with van der Waals surface area (Å²) in [6.45, 7) is 2.26. The van der Waals surface area contributed by atoms with Crippen LogP contribution in [0, 0.1) is 5.92 Å². The Morgan fingerprint density at radius 2 is 2.13 bits per heavy atom. The van der Waals surface area contributed by atoms with Gasteiger partial charge >= 0.3 is 0 Å². The third-order valence-corrected chi connectivity index (χ3v) is 3.95. The lowest BCUT2D eigenvalue weighted by Gasteiger charge is -2.32. The summed E-state index contributed by atoms with van der Waals surface area (Å²) in [5.41, 5.74) is 0.186. The Labute approximate surface area is 133 Å². The number of aromatic amines is 1. The molecule has 0 radical (unpaired) electrons. The van der Waals surface area contributed by atoms with Crippen LogP contribution in [0.25, 0.3) is 0 Å². The molecule has 0 atom stereocenters. The van der Waals surface area contributed by atoms with E-state index in [0.29, 0.717) is 24.0 Å². The summed E-state index contributed by atoms with van der Waals surface area (Å²) in [6, 6.07) is 1.51. The van der Waals surface area contributed by atoms with Crippen LogP contribution in [0.15, 0.2) is 35.8 Å². The maximum atomic E-state index is 11.9. The Bertz CT molecular complexity index is 709. The van der Waals surface area contributed by atoms with E-state index in [0.717, 1.165) is 25.9 Å². The molecule has 0 unspecified atom stereocenters. The van der Waals surface area contributed by atoms with Crippen LogP contribution in [0.3, 0.4) is 0 Å². The van der Waals surface area contributed by atoms with Crippen molar-refractivity contribution in [1.29, 1.82) is 0 Å². The van der Waals surface area contributed by atoms with Crippen molar-refractivity contribution in [3.05, 3.63) is 47.0 Å². The van der Waals surface area contributed by atoms with Gasteiger partial charge in [0, 0.05) is 38.1 Å². The fraction of sp³-hybridized carbons (Fsp3) is 0.400. The number of amides is 1. The Kier molecular flexibility index (Phi) is 4.60. The zero-order valence-electron chi connectivity index (χ0n) is 12.6. The topological polar surface area (TPSA) is 104 Å². The van der Waals surface area contributed by atoms with E-state index in [1.54, 1.807) is 0 Å². The molecule has 3 rings (SSSR count). The van der Waals surface area contributed by atoms with E-state index in [1.807, 2.05) is 0 Å². The number of aromatic nitrogens is 4. The lowest BCUT2D eigenvalue weighted by molar-refractivity contribution is 0.0939. The van der Waals surface area contributed by atoms with Gasteiger partial charge < -0.3 is 15.2 Å². The molecule has 1 aliphatic heterocycles. The van der Waals surface area contributed by atoms with Gasteiger partial charge in [-0.15, -0.1) is 0 Å². The Balaban J connectivity index is 1.48. The standard InChI is InChI=1S/C15H18N6O2/c22-14-7-13(19-10-20-14)21-5-1-11(2-6-21)8-18-15(23)12-9-16-3-4-17-12/h3-4,7,9-11H,1-2,5-6,8H2,(H,18,23)(H,19,20,22). The molecule has 1 fully saturated rings. The molecule has 0 spiro atoms.